The number of thiazole rings is 1. The maximum absolute atomic E-state index is 12.3. The van der Waals surface area contributed by atoms with Gasteiger partial charge in [0.25, 0.3) is 5.91 Å². The molecule has 7 nitrogen and oxygen atoms in total. The fourth-order valence-electron chi connectivity index (χ4n) is 2.46. The van der Waals surface area contributed by atoms with E-state index >= 15 is 0 Å². The van der Waals surface area contributed by atoms with Crippen LogP contribution in [0.25, 0.3) is 0 Å². The number of benzene rings is 2. The van der Waals surface area contributed by atoms with Gasteiger partial charge in [-0.05, 0) is 31.2 Å². The molecule has 8 heteroatoms. The van der Waals surface area contributed by atoms with E-state index in [9.17, 15) is 9.59 Å². The van der Waals surface area contributed by atoms with E-state index in [2.05, 4.69) is 15.6 Å². The Morgan fingerprint density at radius 2 is 1.83 bits per heavy atom. The number of amides is 1. The molecule has 0 atom stereocenters. The molecule has 0 bridgehead atoms. The van der Waals surface area contributed by atoms with Gasteiger partial charge in [0, 0.05) is 11.1 Å². The smallest absolute Gasteiger partial charge is 0.325 e. The van der Waals surface area contributed by atoms with Crippen LogP contribution in [0.15, 0.2) is 60.0 Å². The summed E-state index contributed by atoms with van der Waals surface area (Å²) in [4.78, 5) is 28.6. The van der Waals surface area contributed by atoms with Crippen molar-refractivity contribution in [2.45, 2.75) is 13.5 Å². The molecule has 0 aliphatic rings. The summed E-state index contributed by atoms with van der Waals surface area (Å²) in [6.07, 6.45) is 0. The lowest BCUT2D eigenvalue weighted by molar-refractivity contribution is -0.143. The number of nitrogens with one attached hydrogen (secondary N) is 2. The van der Waals surface area contributed by atoms with Crippen LogP contribution in [-0.4, -0.2) is 30.0 Å². The second-order valence-electron chi connectivity index (χ2n) is 5.91. The molecule has 0 saturated carbocycles. The van der Waals surface area contributed by atoms with Gasteiger partial charge in [-0.1, -0.05) is 30.3 Å². The minimum absolute atomic E-state index is 0.0389. The number of carbonyl (C=O) groups excluding carboxylic acids is 2. The molecule has 0 saturated heterocycles. The lowest BCUT2D eigenvalue weighted by Gasteiger charge is -2.10. The van der Waals surface area contributed by atoms with E-state index in [0.717, 1.165) is 5.69 Å². The summed E-state index contributed by atoms with van der Waals surface area (Å²) in [6.45, 7) is 2.09. The van der Waals surface area contributed by atoms with Gasteiger partial charge in [0.05, 0.1) is 17.9 Å². The van der Waals surface area contributed by atoms with Gasteiger partial charge in [-0.2, -0.15) is 0 Å². The topological polar surface area (TPSA) is 89.5 Å². The van der Waals surface area contributed by atoms with Crippen LogP contribution in [0.3, 0.4) is 0 Å². The molecule has 150 valence electrons. The zero-order valence-corrected chi connectivity index (χ0v) is 16.7. The molecule has 0 fully saturated rings. The number of ether oxygens (including phenoxy) is 2. The number of hydrogen-bond donors (Lipinski definition) is 2. The second kappa shape index (κ2) is 10.2. The largest absolute Gasteiger partial charge is 0.493 e. The number of carbonyl (C=O) groups is 2. The molecule has 1 aromatic heterocycles. The van der Waals surface area contributed by atoms with Crippen molar-refractivity contribution in [2.24, 2.45) is 0 Å². The zero-order chi connectivity index (χ0) is 20.5. The minimum Gasteiger partial charge on any atom is -0.493 e. The maximum atomic E-state index is 12.3. The number of para-hydroxylation sites is 2. The van der Waals surface area contributed by atoms with E-state index in [1.54, 1.807) is 24.3 Å². The first-order valence-corrected chi connectivity index (χ1v) is 9.96. The quantitative estimate of drug-likeness (QED) is 0.521. The highest BCUT2D eigenvalue weighted by atomic mass is 32.1. The Hall–Kier alpha value is -3.39. The second-order valence-corrected chi connectivity index (χ2v) is 6.77. The molecular formula is C21H21N3O4S. The molecule has 0 spiro atoms. The third kappa shape index (κ3) is 6.05. The van der Waals surface area contributed by atoms with Crippen molar-refractivity contribution in [3.05, 3.63) is 71.2 Å². The highest BCUT2D eigenvalue weighted by molar-refractivity contribution is 7.13. The molecule has 1 amide bonds. The Kier molecular flexibility index (Phi) is 7.18. The Bertz CT molecular complexity index is 959. The number of anilines is 2. The molecule has 29 heavy (non-hydrogen) atoms. The average Bonchev–Trinajstić information content (AvgIpc) is 3.19. The van der Waals surface area contributed by atoms with E-state index < -0.39 is 11.9 Å². The van der Waals surface area contributed by atoms with Crippen molar-refractivity contribution in [2.75, 3.05) is 18.5 Å². The van der Waals surface area contributed by atoms with Gasteiger partial charge in [-0.15, -0.1) is 11.3 Å². The van der Waals surface area contributed by atoms with Crippen molar-refractivity contribution >= 4 is 34.0 Å². The first-order valence-electron chi connectivity index (χ1n) is 9.08. The Labute approximate surface area is 172 Å². The van der Waals surface area contributed by atoms with Gasteiger partial charge in [0.1, 0.15) is 18.9 Å². The predicted octanol–water partition coefficient (Wildman–Crippen LogP) is 3.76. The van der Waals surface area contributed by atoms with E-state index in [-0.39, 0.29) is 13.2 Å². The highest BCUT2D eigenvalue weighted by Crippen LogP contribution is 2.21. The molecule has 2 aromatic carbocycles. The van der Waals surface area contributed by atoms with E-state index in [4.69, 9.17) is 9.47 Å². The predicted molar refractivity (Wildman–Crippen MR) is 112 cm³/mol. The van der Waals surface area contributed by atoms with Crippen LogP contribution >= 0.6 is 11.3 Å². The van der Waals surface area contributed by atoms with E-state index in [1.165, 1.54) is 11.3 Å². The summed E-state index contributed by atoms with van der Waals surface area (Å²) in [5, 5.41) is 8.26. The van der Waals surface area contributed by atoms with Crippen molar-refractivity contribution < 1.29 is 19.1 Å². The molecule has 3 aromatic rings. The van der Waals surface area contributed by atoms with Gasteiger partial charge >= 0.3 is 5.97 Å². The molecule has 2 N–H and O–H groups in total. The number of esters is 1. The van der Waals surface area contributed by atoms with Crippen LogP contribution in [0.2, 0.25) is 0 Å². The summed E-state index contributed by atoms with van der Waals surface area (Å²) in [5.74, 6) is -0.464. The number of rotatable bonds is 9. The number of aromatic nitrogens is 1. The van der Waals surface area contributed by atoms with Crippen LogP contribution in [0.4, 0.5) is 10.8 Å². The lowest BCUT2D eigenvalue weighted by atomic mass is 10.2. The van der Waals surface area contributed by atoms with Gasteiger partial charge in [0.2, 0.25) is 0 Å². The third-order valence-corrected chi connectivity index (χ3v) is 4.59. The van der Waals surface area contributed by atoms with E-state index in [0.29, 0.717) is 28.7 Å². The van der Waals surface area contributed by atoms with Gasteiger partial charge in [0.15, 0.2) is 5.13 Å². The third-order valence-electron chi connectivity index (χ3n) is 3.78. The Balaban J connectivity index is 1.45. The Morgan fingerprint density at radius 3 is 2.62 bits per heavy atom. The molecule has 0 aliphatic carbocycles. The van der Waals surface area contributed by atoms with Crippen LogP contribution in [0.5, 0.6) is 5.75 Å². The first kappa shape index (κ1) is 20.3. The molecular weight excluding hydrogens is 390 g/mol. The molecule has 1 heterocycles. The van der Waals surface area contributed by atoms with Crippen LogP contribution < -0.4 is 15.4 Å². The van der Waals surface area contributed by atoms with Crippen molar-refractivity contribution in [3.63, 3.8) is 0 Å². The van der Waals surface area contributed by atoms with Gasteiger partial charge in [-0.3, -0.25) is 9.59 Å². The molecule has 0 aliphatic heterocycles. The van der Waals surface area contributed by atoms with Crippen LogP contribution in [0.1, 0.15) is 23.0 Å². The van der Waals surface area contributed by atoms with Crippen molar-refractivity contribution in [3.8, 4) is 5.75 Å². The summed E-state index contributed by atoms with van der Waals surface area (Å²) in [5.41, 5.74) is 1.94. The molecule has 0 radical (unpaired) electrons. The summed E-state index contributed by atoms with van der Waals surface area (Å²) in [6, 6.07) is 16.5. The Morgan fingerprint density at radius 1 is 1.07 bits per heavy atom. The molecule has 0 unspecified atom stereocenters. The zero-order valence-electron chi connectivity index (χ0n) is 15.9. The first-order chi connectivity index (χ1) is 14.2. The van der Waals surface area contributed by atoms with E-state index in [1.807, 2.05) is 42.6 Å². The lowest BCUT2D eigenvalue weighted by Crippen LogP contribution is -2.30. The monoisotopic (exact) mass is 411 g/mol. The number of nitrogens with zero attached hydrogens (tertiary/aromatic N) is 1. The summed E-state index contributed by atoms with van der Waals surface area (Å²) < 4.78 is 10.6. The summed E-state index contributed by atoms with van der Waals surface area (Å²) in [7, 11) is 0. The highest BCUT2D eigenvalue weighted by Gasteiger charge is 2.14. The fraction of sp³-hybridized carbons (Fsp3) is 0.190. The van der Waals surface area contributed by atoms with Crippen LogP contribution in [0, 0.1) is 0 Å². The standard InChI is InChI=1S/C21H21N3O4S/c1-2-27-18-11-7-6-10-17(18)20(26)22-12-19(25)28-13-16-14-29-21(24-16)23-15-8-4-3-5-9-15/h3-11,14H,2,12-13H2,1H3,(H,22,26)(H,23,24). The fourth-order valence-corrected chi connectivity index (χ4v) is 3.18. The molecule has 3 rings (SSSR count). The maximum Gasteiger partial charge on any atom is 0.325 e. The normalized spacial score (nSPS) is 10.2. The van der Waals surface area contributed by atoms with Crippen LogP contribution in [-0.2, 0) is 16.1 Å². The SMILES string of the molecule is CCOc1ccccc1C(=O)NCC(=O)OCc1csc(Nc2ccccc2)n1. The number of hydrogen-bond acceptors (Lipinski definition) is 7. The van der Waals surface area contributed by atoms with Crippen molar-refractivity contribution in [1.82, 2.24) is 10.3 Å². The van der Waals surface area contributed by atoms with Crippen molar-refractivity contribution in [1.29, 1.82) is 0 Å². The minimum atomic E-state index is -0.544. The average molecular weight is 411 g/mol. The van der Waals surface area contributed by atoms with Gasteiger partial charge in [-0.25, -0.2) is 4.98 Å². The van der Waals surface area contributed by atoms with Gasteiger partial charge < -0.3 is 20.1 Å². The summed E-state index contributed by atoms with van der Waals surface area (Å²) >= 11 is 1.42.